The van der Waals surface area contributed by atoms with E-state index in [9.17, 15) is 4.79 Å². The normalized spacial score (nSPS) is 16.1. The zero-order valence-corrected chi connectivity index (χ0v) is 19.6. The first kappa shape index (κ1) is 21.4. The molecule has 3 aromatic heterocycles. The number of hydrogen-bond acceptors (Lipinski definition) is 9. The van der Waals surface area contributed by atoms with E-state index in [-0.39, 0.29) is 5.91 Å². The minimum Gasteiger partial charge on any atom is -0.348 e. The number of hydrogen-bond donors (Lipinski definition) is 2. The first-order valence-corrected chi connectivity index (χ1v) is 11.7. The lowest BCUT2D eigenvalue weighted by atomic mass is 10.0. The van der Waals surface area contributed by atoms with Crippen LogP contribution in [0.2, 0.25) is 0 Å². The predicted molar refractivity (Wildman–Crippen MR) is 132 cm³/mol. The number of nitrogens with zero attached hydrogens (tertiary/aromatic N) is 8. The first-order chi connectivity index (χ1) is 17.1. The van der Waals surface area contributed by atoms with Gasteiger partial charge in [-0.05, 0) is 31.5 Å². The molecule has 2 aliphatic heterocycles. The molecule has 0 spiro atoms. The Hall–Kier alpha value is -4.12. The molecule has 0 saturated carbocycles. The van der Waals surface area contributed by atoms with Gasteiger partial charge in [-0.25, -0.2) is 24.5 Å². The summed E-state index contributed by atoms with van der Waals surface area (Å²) in [6.45, 7) is 8.84. The van der Waals surface area contributed by atoms with Crippen LogP contribution in [0.1, 0.15) is 29.8 Å². The topological polar surface area (TPSA) is 116 Å². The van der Waals surface area contributed by atoms with Gasteiger partial charge in [0, 0.05) is 49.9 Å². The fraction of sp³-hybridized carbons (Fsp3) is 0.333. The van der Waals surface area contributed by atoms with Crippen LogP contribution in [0.5, 0.6) is 0 Å². The number of rotatable bonds is 5. The van der Waals surface area contributed by atoms with E-state index in [1.165, 1.54) is 6.33 Å². The summed E-state index contributed by atoms with van der Waals surface area (Å²) in [5.41, 5.74) is 4.69. The van der Waals surface area contributed by atoms with Crippen molar-refractivity contribution in [2.24, 2.45) is 0 Å². The Morgan fingerprint density at radius 3 is 2.57 bits per heavy atom. The summed E-state index contributed by atoms with van der Waals surface area (Å²) in [7, 11) is 0. The summed E-state index contributed by atoms with van der Waals surface area (Å²) < 4.78 is 1.74. The number of benzene rings is 1. The molecule has 5 heterocycles. The Balaban J connectivity index is 1.22. The fourth-order valence-corrected chi connectivity index (χ4v) is 4.62. The molecule has 0 radical (unpaired) electrons. The third kappa shape index (κ3) is 3.93. The number of piperazine rings is 1. The number of anilines is 3. The van der Waals surface area contributed by atoms with Crippen LogP contribution >= 0.6 is 0 Å². The van der Waals surface area contributed by atoms with Gasteiger partial charge < -0.3 is 15.5 Å². The van der Waals surface area contributed by atoms with E-state index in [4.69, 9.17) is 0 Å². The van der Waals surface area contributed by atoms with E-state index < -0.39 is 0 Å². The molecule has 4 aromatic rings. The van der Waals surface area contributed by atoms with Crippen LogP contribution in [0.15, 0.2) is 43.1 Å². The molecule has 2 aliphatic rings. The van der Waals surface area contributed by atoms with E-state index in [1.54, 1.807) is 23.1 Å². The van der Waals surface area contributed by atoms with Gasteiger partial charge in [-0.3, -0.25) is 9.69 Å². The van der Waals surface area contributed by atoms with Gasteiger partial charge >= 0.3 is 0 Å². The summed E-state index contributed by atoms with van der Waals surface area (Å²) in [5.74, 6) is 1.26. The van der Waals surface area contributed by atoms with Crippen molar-refractivity contribution < 1.29 is 4.79 Å². The Labute approximate surface area is 202 Å². The van der Waals surface area contributed by atoms with Crippen molar-refractivity contribution in [3.8, 4) is 11.3 Å². The second-order valence-corrected chi connectivity index (χ2v) is 9.06. The standard InChI is InChI=1S/C24H26N10O/c1-15(2)32-5-7-33(8-6-32)24-27-11-18(12-28-24)31-21-22-29-14-30-34(22)20(13-25-21)16-3-4-19-17(9-16)10-26-23(19)35/h3-4,9,11-15H,5-8,10H2,1-2H3,(H,25,31)(H,26,35). The minimum absolute atomic E-state index is 0.0406. The number of carbonyl (C=O) groups is 1. The highest BCUT2D eigenvalue weighted by Crippen LogP contribution is 2.27. The molecule has 6 rings (SSSR count). The van der Waals surface area contributed by atoms with Crippen molar-refractivity contribution in [3.63, 3.8) is 0 Å². The molecular weight excluding hydrogens is 444 g/mol. The highest BCUT2D eigenvalue weighted by atomic mass is 16.1. The Bertz CT molecular complexity index is 1390. The summed E-state index contributed by atoms with van der Waals surface area (Å²) in [6, 6.07) is 6.29. The van der Waals surface area contributed by atoms with Crippen LogP contribution in [-0.2, 0) is 6.54 Å². The van der Waals surface area contributed by atoms with Crippen LogP contribution in [0.4, 0.5) is 17.5 Å². The molecule has 1 fully saturated rings. The molecule has 35 heavy (non-hydrogen) atoms. The molecule has 2 N–H and O–H groups in total. The van der Waals surface area contributed by atoms with Crippen molar-refractivity contribution in [2.45, 2.75) is 26.4 Å². The zero-order valence-electron chi connectivity index (χ0n) is 19.6. The number of aromatic nitrogens is 6. The largest absolute Gasteiger partial charge is 0.348 e. The van der Waals surface area contributed by atoms with Crippen LogP contribution in [-0.4, -0.2) is 72.6 Å². The van der Waals surface area contributed by atoms with Crippen molar-refractivity contribution in [1.29, 1.82) is 0 Å². The molecule has 178 valence electrons. The van der Waals surface area contributed by atoms with Crippen molar-refractivity contribution in [1.82, 2.24) is 39.8 Å². The molecule has 1 saturated heterocycles. The van der Waals surface area contributed by atoms with E-state index in [0.717, 1.165) is 54.6 Å². The first-order valence-electron chi connectivity index (χ1n) is 11.7. The molecule has 0 aliphatic carbocycles. The van der Waals surface area contributed by atoms with Crippen molar-refractivity contribution in [2.75, 3.05) is 36.4 Å². The quantitative estimate of drug-likeness (QED) is 0.452. The number of carbonyl (C=O) groups excluding carboxylic acids is 1. The van der Waals surface area contributed by atoms with Gasteiger partial charge in [-0.15, -0.1) is 0 Å². The lowest BCUT2D eigenvalue weighted by Gasteiger charge is -2.36. The monoisotopic (exact) mass is 470 g/mol. The average Bonchev–Trinajstić information content (AvgIpc) is 3.52. The lowest BCUT2D eigenvalue weighted by Crippen LogP contribution is -2.49. The van der Waals surface area contributed by atoms with E-state index in [1.807, 2.05) is 18.2 Å². The molecule has 0 atom stereocenters. The van der Waals surface area contributed by atoms with Gasteiger partial charge in [-0.1, -0.05) is 6.07 Å². The van der Waals surface area contributed by atoms with Crippen molar-refractivity contribution >= 4 is 29.0 Å². The summed E-state index contributed by atoms with van der Waals surface area (Å²) in [6.07, 6.45) is 6.79. The second kappa shape index (κ2) is 8.58. The van der Waals surface area contributed by atoms with Gasteiger partial charge in [-0.2, -0.15) is 5.10 Å². The predicted octanol–water partition coefficient (Wildman–Crippen LogP) is 2.10. The van der Waals surface area contributed by atoms with Crippen LogP contribution in [0, 0.1) is 0 Å². The van der Waals surface area contributed by atoms with Crippen LogP contribution in [0.3, 0.4) is 0 Å². The number of amides is 1. The molecule has 0 bridgehead atoms. The summed E-state index contributed by atoms with van der Waals surface area (Å²) >= 11 is 0. The van der Waals surface area contributed by atoms with Gasteiger partial charge in [0.25, 0.3) is 5.91 Å². The number of nitrogens with one attached hydrogen (secondary N) is 2. The van der Waals surface area contributed by atoms with E-state index in [0.29, 0.717) is 29.6 Å². The smallest absolute Gasteiger partial charge is 0.251 e. The SMILES string of the molecule is CC(C)N1CCN(c2ncc(Nc3ncc(-c4ccc5c(c4)CNC5=O)n4ncnc34)cn2)CC1. The van der Waals surface area contributed by atoms with E-state index >= 15 is 0 Å². The van der Waals surface area contributed by atoms with Crippen molar-refractivity contribution in [3.05, 3.63) is 54.2 Å². The van der Waals surface area contributed by atoms with Gasteiger partial charge in [0.15, 0.2) is 11.5 Å². The molecular formula is C24H26N10O. The summed E-state index contributed by atoms with van der Waals surface area (Å²) in [4.78, 5) is 34.7. The Kier molecular flexibility index (Phi) is 5.25. The third-order valence-corrected chi connectivity index (χ3v) is 6.62. The molecule has 1 aromatic carbocycles. The highest BCUT2D eigenvalue weighted by Gasteiger charge is 2.22. The maximum atomic E-state index is 11.9. The Morgan fingerprint density at radius 1 is 1.00 bits per heavy atom. The maximum absolute atomic E-state index is 11.9. The Morgan fingerprint density at radius 2 is 1.80 bits per heavy atom. The summed E-state index contributed by atoms with van der Waals surface area (Å²) in [5, 5.41) is 10.5. The van der Waals surface area contributed by atoms with Gasteiger partial charge in [0.1, 0.15) is 6.33 Å². The number of fused-ring (bicyclic) bond motifs is 2. The van der Waals surface area contributed by atoms with Gasteiger partial charge in [0.05, 0.1) is 30.0 Å². The third-order valence-electron chi connectivity index (χ3n) is 6.62. The fourth-order valence-electron chi connectivity index (χ4n) is 4.62. The van der Waals surface area contributed by atoms with Gasteiger partial charge in [0.2, 0.25) is 5.95 Å². The maximum Gasteiger partial charge on any atom is 0.251 e. The molecule has 11 heteroatoms. The van der Waals surface area contributed by atoms with Crippen LogP contribution in [0.25, 0.3) is 16.9 Å². The lowest BCUT2D eigenvalue weighted by molar-refractivity contribution is 0.0965. The average molecular weight is 471 g/mol. The molecule has 0 unspecified atom stereocenters. The van der Waals surface area contributed by atoms with E-state index in [2.05, 4.69) is 59.3 Å². The molecule has 1 amide bonds. The second-order valence-electron chi connectivity index (χ2n) is 9.06. The minimum atomic E-state index is -0.0406. The van der Waals surface area contributed by atoms with Crippen LogP contribution < -0.4 is 15.5 Å². The molecule has 11 nitrogen and oxygen atoms in total. The zero-order chi connectivity index (χ0) is 23.9. The highest BCUT2D eigenvalue weighted by molar-refractivity contribution is 5.98.